The fraction of sp³-hybridized carbons (Fsp3) is 0.296. The first-order valence-electron chi connectivity index (χ1n) is 11.1. The Morgan fingerprint density at radius 2 is 1.58 bits per heavy atom. The van der Waals surface area contributed by atoms with Gasteiger partial charge in [-0.2, -0.15) is 0 Å². The molecule has 0 aliphatic carbocycles. The van der Waals surface area contributed by atoms with Crippen molar-refractivity contribution in [2.24, 2.45) is 5.92 Å². The van der Waals surface area contributed by atoms with Crippen LogP contribution in [-0.4, -0.2) is 28.8 Å². The van der Waals surface area contributed by atoms with Gasteiger partial charge in [-0.05, 0) is 68.1 Å². The van der Waals surface area contributed by atoms with Crippen molar-refractivity contribution >= 4 is 40.0 Å². The largest absolute Gasteiger partial charge is 0.355 e. The SMILES string of the molecule is Cl.O=C(CCC1CCN(Cc2ccccc2)CC1)c1ccc2[nH]c3ccccc3c2c1. The minimum atomic E-state index is 0. The van der Waals surface area contributed by atoms with Crippen LogP contribution in [0.5, 0.6) is 0 Å². The summed E-state index contributed by atoms with van der Waals surface area (Å²) in [7, 11) is 0. The molecule has 2 heterocycles. The number of hydrogen-bond acceptors (Lipinski definition) is 2. The zero-order valence-corrected chi connectivity index (χ0v) is 18.5. The van der Waals surface area contributed by atoms with Crippen LogP contribution in [0.1, 0.15) is 41.6 Å². The lowest BCUT2D eigenvalue weighted by Gasteiger charge is -2.32. The Morgan fingerprint density at radius 3 is 2.39 bits per heavy atom. The first-order chi connectivity index (χ1) is 14.8. The number of benzene rings is 3. The normalized spacial score (nSPS) is 15.2. The van der Waals surface area contributed by atoms with E-state index in [0.717, 1.165) is 48.0 Å². The first kappa shape index (κ1) is 21.6. The van der Waals surface area contributed by atoms with Gasteiger partial charge in [0.05, 0.1) is 0 Å². The van der Waals surface area contributed by atoms with Gasteiger partial charge in [-0.15, -0.1) is 12.4 Å². The molecular formula is C27H29ClN2O. The zero-order valence-electron chi connectivity index (χ0n) is 17.7. The van der Waals surface area contributed by atoms with Crippen LogP contribution in [0.2, 0.25) is 0 Å². The molecule has 0 bridgehead atoms. The van der Waals surface area contributed by atoms with E-state index in [1.54, 1.807) is 0 Å². The number of hydrogen-bond donors (Lipinski definition) is 1. The summed E-state index contributed by atoms with van der Waals surface area (Å²) in [5, 5.41) is 2.33. The van der Waals surface area contributed by atoms with Gasteiger partial charge in [-0.3, -0.25) is 9.69 Å². The number of carbonyl (C=O) groups is 1. The van der Waals surface area contributed by atoms with E-state index in [1.165, 1.54) is 23.8 Å². The van der Waals surface area contributed by atoms with Gasteiger partial charge in [0, 0.05) is 40.3 Å². The molecular weight excluding hydrogens is 404 g/mol. The second-order valence-corrected chi connectivity index (χ2v) is 8.60. The highest BCUT2D eigenvalue weighted by Gasteiger charge is 2.20. The Kier molecular flexibility index (Phi) is 6.74. The van der Waals surface area contributed by atoms with Crippen LogP contribution in [0.4, 0.5) is 0 Å². The summed E-state index contributed by atoms with van der Waals surface area (Å²) in [5.74, 6) is 0.937. The van der Waals surface area contributed by atoms with Gasteiger partial charge >= 0.3 is 0 Å². The molecule has 0 saturated carbocycles. The molecule has 31 heavy (non-hydrogen) atoms. The number of para-hydroxylation sites is 1. The van der Waals surface area contributed by atoms with Crippen molar-refractivity contribution in [2.75, 3.05) is 13.1 Å². The van der Waals surface area contributed by atoms with E-state index in [-0.39, 0.29) is 18.2 Å². The third-order valence-electron chi connectivity index (χ3n) is 6.56. The Labute approximate surface area is 189 Å². The highest BCUT2D eigenvalue weighted by molar-refractivity contribution is 6.10. The van der Waals surface area contributed by atoms with Crippen molar-refractivity contribution in [1.29, 1.82) is 0 Å². The van der Waals surface area contributed by atoms with Crippen molar-refractivity contribution in [3.63, 3.8) is 0 Å². The Morgan fingerprint density at radius 1 is 0.871 bits per heavy atom. The van der Waals surface area contributed by atoms with E-state index >= 15 is 0 Å². The monoisotopic (exact) mass is 432 g/mol. The number of Topliss-reactive ketones (excluding diaryl/α,β-unsaturated/α-hetero) is 1. The number of halogens is 1. The topological polar surface area (TPSA) is 36.1 Å². The number of nitrogens with one attached hydrogen (secondary N) is 1. The smallest absolute Gasteiger partial charge is 0.162 e. The van der Waals surface area contributed by atoms with Gasteiger partial charge in [0.25, 0.3) is 0 Å². The highest BCUT2D eigenvalue weighted by atomic mass is 35.5. The van der Waals surface area contributed by atoms with Crippen molar-refractivity contribution in [3.8, 4) is 0 Å². The third-order valence-corrected chi connectivity index (χ3v) is 6.56. The average molecular weight is 433 g/mol. The lowest BCUT2D eigenvalue weighted by Crippen LogP contribution is -2.33. The summed E-state index contributed by atoms with van der Waals surface area (Å²) in [6.07, 6.45) is 4.05. The predicted octanol–water partition coefficient (Wildman–Crippen LogP) is 6.62. The predicted molar refractivity (Wildman–Crippen MR) is 131 cm³/mol. The molecule has 1 N–H and O–H groups in total. The molecule has 1 fully saturated rings. The highest BCUT2D eigenvalue weighted by Crippen LogP contribution is 2.28. The van der Waals surface area contributed by atoms with E-state index in [0.29, 0.717) is 12.3 Å². The summed E-state index contributed by atoms with van der Waals surface area (Å²) in [6, 6.07) is 25.1. The number of H-pyrrole nitrogens is 1. The molecule has 0 radical (unpaired) electrons. The molecule has 0 spiro atoms. The average Bonchev–Trinajstić information content (AvgIpc) is 3.17. The summed E-state index contributed by atoms with van der Waals surface area (Å²) < 4.78 is 0. The lowest BCUT2D eigenvalue weighted by atomic mass is 9.90. The quantitative estimate of drug-likeness (QED) is 0.347. The molecule has 1 saturated heterocycles. The lowest BCUT2D eigenvalue weighted by molar-refractivity contribution is 0.0961. The van der Waals surface area contributed by atoms with E-state index in [9.17, 15) is 4.79 Å². The van der Waals surface area contributed by atoms with Gasteiger partial charge < -0.3 is 4.98 Å². The van der Waals surface area contributed by atoms with Crippen LogP contribution in [0, 0.1) is 5.92 Å². The van der Waals surface area contributed by atoms with Crippen molar-refractivity contribution < 1.29 is 4.79 Å². The summed E-state index contributed by atoms with van der Waals surface area (Å²) in [5.41, 5.74) is 4.45. The number of carbonyl (C=O) groups excluding carboxylic acids is 1. The number of ketones is 1. The second kappa shape index (κ2) is 9.67. The van der Waals surface area contributed by atoms with Gasteiger partial charge in [-0.25, -0.2) is 0 Å². The molecule has 0 unspecified atom stereocenters. The number of aromatic amines is 1. The van der Waals surface area contributed by atoms with Crippen LogP contribution in [0.15, 0.2) is 72.8 Å². The number of fused-ring (bicyclic) bond motifs is 3. The molecule has 5 rings (SSSR count). The molecule has 160 valence electrons. The number of nitrogens with zero attached hydrogens (tertiary/aromatic N) is 1. The maximum Gasteiger partial charge on any atom is 0.162 e. The van der Waals surface area contributed by atoms with Gasteiger partial charge in [0.2, 0.25) is 0 Å². The molecule has 1 aliphatic heterocycles. The zero-order chi connectivity index (χ0) is 20.3. The maximum atomic E-state index is 12.9. The number of aromatic nitrogens is 1. The van der Waals surface area contributed by atoms with Crippen LogP contribution < -0.4 is 0 Å². The Bertz CT molecular complexity index is 1160. The van der Waals surface area contributed by atoms with Gasteiger partial charge in [-0.1, -0.05) is 48.5 Å². The molecule has 4 heteroatoms. The Balaban J connectivity index is 0.00000231. The van der Waals surface area contributed by atoms with Gasteiger partial charge in [0.1, 0.15) is 0 Å². The summed E-state index contributed by atoms with van der Waals surface area (Å²) in [4.78, 5) is 18.8. The van der Waals surface area contributed by atoms with E-state index < -0.39 is 0 Å². The third kappa shape index (κ3) is 4.84. The minimum Gasteiger partial charge on any atom is -0.355 e. The van der Waals surface area contributed by atoms with Crippen molar-refractivity contribution in [1.82, 2.24) is 9.88 Å². The molecule has 0 amide bonds. The second-order valence-electron chi connectivity index (χ2n) is 8.60. The minimum absolute atomic E-state index is 0. The molecule has 3 nitrogen and oxygen atoms in total. The maximum absolute atomic E-state index is 12.9. The van der Waals surface area contributed by atoms with Crippen LogP contribution in [0.3, 0.4) is 0 Å². The Hall–Kier alpha value is -2.62. The van der Waals surface area contributed by atoms with E-state index in [2.05, 4.69) is 58.4 Å². The fourth-order valence-electron chi connectivity index (χ4n) is 4.78. The molecule has 4 aromatic rings. The fourth-order valence-corrected chi connectivity index (χ4v) is 4.78. The molecule has 0 atom stereocenters. The number of rotatable bonds is 6. The molecule has 3 aromatic carbocycles. The van der Waals surface area contributed by atoms with E-state index in [1.807, 2.05) is 24.3 Å². The number of likely N-dealkylation sites (tertiary alicyclic amines) is 1. The van der Waals surface area contributed by atoms with E-state index in [4.69, 9.17) is 0 Å². The van der Waals surface area contributed by atoms with Crippen LogP contribution in [-0.2, 0) is 6.54 Å². The number of piperidine rings is 1. The van der Waals surface area contributed by atoms with Crippen molar-refractivity contribution in [2.45, 2.75) is 32.2 Å². The van der Waals surface area contributed by atoms with Crippen LogP contribution in [0.25, 0.3) is 21.8 Å². The van der Waals surface area contributed by atoms with Crippen molar-refractivity contribution in [3.05, 3.63) is 83.9 Å². The standard InChI is InChI=1S/C27H28N2O.ClH/c30-27(22-11-12-26-24(18-22)23-8-4-5-9-25(23)28-26)13-10-20-14-16-29(17-15-20)19-21-6-2-1-3-7-21;/h1-9,11-12,18,20,28H,10,13-17,19H2;1H. The van der Waals surface area contributed by atoms with Gasteiger partial charge in [0.15, 0.2) is 5.78 Å². The summed E-state index contributed by atoms with van der Waals surface area (Å²) >= 11 is 0. The molecule has 1 aliphatic rings. The first-order valence-corrected chi connectivity index (χ1v) is 11.1. The summed E-state index contributed by atoms with van der Waals surface area (Å²) in [6.45, 7) is 3.31. The van der Waals surface area contributed by atoms with Crippen LogP contribution >= 0.6 is 12.4 Å². The molecule has 1 aromatic heterocycles.